The minimum absolute atomic E-state index is 0.725. The van der Waals surface area contributed by atoms with Gasteiger partial charge < -0.3 is 0 Å². The van der Waals surface area contributed by atoms with Gasteiger partial charge in [-0.1, -0.05) is 13.8 Å². The summed E-state index contributed by atoms with van der Waals surface area (Å²) in [6, 6.07) is 0. The molecule has 0 aliphatic carbocycles. The van der Waals surface area contributed by atoms with Crippen LogP contribution in [0.4, 0.5) is 0 Å². The van der Waals surface area contributed by atoms with Gasteiger partial charge in [-0.15, -0.1) is 0 Å². The lowest BCUT2D eigenvalue weighted by atomic mass is 10.0. The highest BCUT2D eigenvalue weighted by atomic mass is 32.2. The normalized spacial score (nSPS) is 16.1. The van der Waals surface area contributed by atoms with Crippen LogP contribution in [0.3, 0.4) is 0 Å². The van der Waals surface area contributed by atoms with Crippen LogP contribution in [-0.4, -0.2) is 5.87 Å². The van der Waals surface area contributed by atoms with E-state index in [2.05, 4.69) is 29.5 Å². The maximum Gasteiger partial charge on any atom is 0.0130 e. The van der Waals surface area contributed by atoms with Gasteiger partial charge >= 0.3 is 0 Å². The monoisotopic (exact) mass is 153 g/mol. The topological polar surface area (TPSA) is 12.4 Å². The van der Waals surface area contributed by atoms with E-state index in [0.717, 1.165) is 12.3 Å². The zero-order valence-corrected chi connectivity index (χ0v) is 7.11. The molecule has 54 valence electrons. The Morgan fingerprint density at radius 1 is 1.70 bits per heavy atom. The van der Waals surface area contributed by atoms with Gasteiger partial charge in [-0.3, -0.25) is 0 Å². The van der Waals surface area contributed by atoms with Gasteiger partial charge in [0.25, 0.3) is 0 Å². The van der Waals surface area contributed by atoms with Crippen LogP contribution in [0.5, 0.6) is 0 Å². The van der Waals surface area contributed by atoms with Gasteiger partial charge in [0.2, 0.25) is 0 Å². The molecule has 0 bridgehead atoms. The fourth-order valence-corrected chi connectivity index (χ4v) is 1.31. The molecular formula is C8H11NS. The molecule has 0 N–H and O–H groups in total. The van der Waals surface area contributed by atoms with Crippen molar-refractivity contribution in [1.29, 1.82) is 0 Å². The third-order valence-corrected chi connectivity index (χ3v) is 1.82. The molecule has 1 aliphatic rings. The number of rotatable bonds is 2. The fourth-order valence-electron chi connectivity index (χ4n) is 0.846. The van der Waals surface area contributed by atoms with Gasteiger partial charge in [-0.25, -0.2) is 0 Å². The molecule has 0 radical (unpaired) electrons. The first-order valence-corrected chi connectivity index (χ1v) is 4.26. The van der Waals surface area contributed by atoms with Crippen LogP contribution in [0.1, 0.15) is 20.3 Å². The molecule has 1 rings (SSSR count). The Hall–Kier alpha value is -0.460. The van der Waals surface area contributed by atoms with Crippen molar-refractivity contribution < 1.29 is 0 Å². The fraction of sp³-hybridized carbons (Fsp3) is 0.500. The molecule has 0 aromatic heterocycles. The summed E-state index contributed by atoms with van der Waals surface area (Å²) in [5.41, 5.74) is 1.34. The average molecular weight is 153 g/mol. The Labute approximate surface area is 66.1 Å². The van der Waals surface area contributed by atoms with Crippen LogP contribution in [0.15, 0.2) is 21.5 Å². The first-order valence-electron chi connectivity index (χ1n) is 3.42. The minimum atomic E-state index is 0.725. The molecule has 0 unspecified atom stereocenters. The molecular weight excluding hydrogens is 142 g/mol. The zero-order chi connectivity index (χ0) is 7.40. The number of hydrogen-bond acceptors (Lipinski definition) is 2. The van der Waals surface area contributed by atoms with E-state index in [1.54, 1.807) is 0 Å². The van der Waals surface area contributed by atoms with Crippen LogP contribution in [-0.2, 0) is 0 Å². The van der Waals surface area contributed by atoms with Gasteiger partial charge in [0.05, 0.1) is 0 Å². The van der Waals surface area contributed by atoms with E-state index in [0.29, 0.717) is 0 Å². The first kappa shape index (κ1) is 7.64. The lowest BCUT2D eigenvalue weighted by Gasteiger charge is -2.04. The van der Waals surface area contributed by atoms with Crippen molar-refractivity contribution in [3.05, 3.63) is 17.1 Å². The quantitative estimate of drug-likeness (QED) is 0.556. The highest BCUT2D eigenvalue weighted by Crippen LogP contribution is 2.18. The predicted octanol–water partition coefficient (Wildman–Crippen LogP) is 2.80. The number of nitrogens with zero attached hydrogens (tertiary/aromatic N) is 1. The highest BCUT2D eigenvalue weighted by molar-refractivity contribution is 8.01. The first-order chi connectivity index (χ1) is 4.79. The van der Waals surface area contributed by atoms with Crippen LogP contribution in [0, 0.1) is 5.92 Å². The summed E-state index contributed by atoms with van der Waals surface area (Å²) >= 11 is 1.47. The molecule has 2 heteroatoms. The number of hydrogen-bond donors (Lipinski definition) is 0. The Morgan fingerprint density at radius 3 is 3.00 bits per heavy atom. The van der Waals surface area contributed by atoms with Gasteiger partial charge in [-0.2, -0.15) is 4.40 Å². The Morgan fingerprint density at radius 2 is 2.50 bits per heavy atom. The maximum atomic E-state index is 3.87. The Kier molecular flexibility index (Phi) is 2.79. The van der Waals surface area contributed by atoms with E-state index in [-0.39, 0.29) is 0 Å². The molecule has 0 atom stereocenters. The molecule has 0 saturated heterocycles. The van der Waals surface area contributed by atoms with Crippen LogP contribution < -0.4 is 0 Å². The third-order valence-electron chi connectivity index (χ3n) is 1.20. The summed E-state index contributed by atoms with van der Waals surface area (Å²) in [5.74, 6) is 3.56. The van der Waals surface area contributed by atoms with E-state index < -0.39 is 0 Å². The average Bonchev–Trinajstić information content (AvgIpc) is 1.88. The van der Waals surface area contributed by atoms with Crippen molar-refractivity contribution in [3.63, 3.8) is 0 Å². The van der Waals surface area contributed by atoms with E-state index in [1.165, 1.54) is 17.5 Å². The Bertz CT molecular complexity index is 197. The maximum absolute atomic E-state index is 3.87. The van der Waals surface area contributed by atoms with Crippen LogP contribution in [0.2, 0.25) is 0 Å². The second-order valence-electron chi connectivity index (χ2n) is 2.76. The molecule has 0 fully saturated rings. The summed E-state index contributed by atoms with van der Waals surface area (Å²) < 4.78 is 3.87. The zero-order valence-electron chi connectivity index (χ0n) is 6.29. The molecule has 0 saturated carbocycles. The molecule has 0 aromatic rings. The van der Waals surface area contributed by atoms with Gasteiger partial charge in [0, 0.05) is 18.0 Å². The molecule has 1 nitrogen and oxygen atoms in total. The van der Waals surface area contributed by atoms with Crippen LogP contribution >= 0.6 is 11.9 Å². The smallest absolute Gasteiger partial charge is 0.0130 e. The summed E-state index contributed by atoms with van der Waals surface area (Å²) in [4.78, 5) is 0. The predicted molar refractivity (Wildman–Crippen MR) is 47.1 cm³/mol. The van der Waals surface area contributed by atoms with E-state index in [9.17, 15) is 0 Å². The Balaban J connectivity index is 2.50. The van der Waals surface area contributed by atoms with Crippen molar-refractivity contribution >= 4 is 17.8 Å². The van der Waals surface area contributed by atoms with Crippen molar-refractivity contribution in [1.82, 2.24) is 0 Å². The largest absolute Gasteiger partial charge is 0.169 e. The molecule has 1 heterocycles. The second kappa shape index (κ2) is 3.65. The summed E-state index contributed by atoms with van der Waals surface area (Å²) in [7, 11) is 0. The molecule has 0 spiro atoms. The van der Waals surface area contributed by atoms with Crippen molar-refractivity contribution in [2.75, 3.05) is 0 Å². The van der Waals surface area contributed by atoms with Crippen molar-refractivity contribution in [2.45, 2.75) is 20.3 Å². The summed E-state index contributed by atoms with van der Waals surface area (Å²) in [6.45, 7) is 4.43. The van der Waals surface area contributed by atoms with E-state index >= 15 is 0 Å². The van der Waals surface area contributed by atoms with E-state index in [1.807, 2.05) is 6.08 Å². The lowest BCUT2D eigenvalue weighted by molar-refractivity contribution is 0.651. The highest BCUT2D eigenvalue weighted by Gasteiger charge is 1.98. The van der Waals surface area contributed by atoms with Crippen molar-refractivity contribution in [3.8, 4) is 0 Å². The number of allylic oxidation sites excluding steroid dienone is 2. The van der Waals surface area contributed by atoms with Gasteiger partial charge in [0.15, 0.2) is 0 Å². The molecule has 0 aromatic carbocycles. The molecule has 1 aliphatic heterocycles. The standard InChI is InChI=1S/C8H11NS/c1-7(2)5-8-3-4-9-10-6-8/h3,6-7H,5H2,1-2H3. The van der Waals surface area contributed by atoms with Crippen molar-refractivity contribution in [2.24, 2.45) is 10.3 Å². The second-order valence-corrected chi connectivity index (χ2v) is 3.39. The molecule has 10 heavy (non-hydrogen) atoms. The van der Waals surface area contributed by atoms with Crippen LogP contribution in [0.25, 0.3) is 0 Å². The summed E-state index contributed by atoms with van der Waals surface area (Å²) in [5, 5.41) is 2.08. The molecule has 0 amide bonds. The van der Waals surface area contributed by atoms with Gasteiger partial charge in [-0.05, 0) is 29.2 Å². The SMILES string of the molecule is CC(C)CC1=CSN=C=C1. The third kappa shape index (κ3) is 2.42. The van der Waals surface area contributed by atoms with Gasteiger partial charge in [0.1, 0.15) is 0 Å². The lowest BCUT2D eigenvalue weighted by Crippen LogP contribution is -1.89. The van der Waals surface area contributed by atoms with E-state index in [4.69, 9.17) is 0 Å². The minimum Gasteiger partial charge on any atom is -0.169 e. The summed E-state index contributed by atoms with van der Waals surface area (Å²) in [6.07, 6.45) is 3.09.